The van der Waals surface area contributed by atoms with Gasteiger partial charge in [-0.25, -0.2) is 0 Å². The molecule has 1 aliphatic heterocycles. The summed E-state index contributed by atoms with van der Waals surface area (Å²) in [7, 11) is 0. The summed E-state index contributed by atoms with van der Waals surface area (Å²) >= 11 is 0. The van der Waals surface area contributed by atoms with Crippen LogP contribution in [0.3, 0.4) is 0 Å². The maximum Gasteiger partial charge on any atom is 0.116 e. The van der Waals surface area contributed by atoms with Crippen molar-refractivity contribution in [3.05, 3.63) is 156 Å². The highest BCUT2D eigenvalue weighted by molar-refractivity contribution is 5.17. The first kappa shape index (κ1) is 29.9. The van der Waals surface area contributed by atoms with E-state index in [1.165, 1.54) is 0 Å². The van der Waals surface area contributed by atoms with Crippen molar-refractivity contribution in [2.45, 2.75) is 63.9 Å². The highest BCUT2D eigenvalue weighted by Gasteiger charge is 2.47. The van der Waals surface area contributed by atoms with Gasteiger partial charge >= 0.3 is 0 Å². The topological polar surface area (TPSA) is 46.2 Å². The van der Waals surface area contributed by atoms with Gasteiger partial charge in [0.1, 0.15) is 30.5 Å². The maximum absolute atomic E-state index is 6.72. The number of allylic oxidation sites excluding steroid dienone is 1. The van der Waals surface area contributed by atoms with Crippen LogP contribution in [-0.2, 0) is 50.1 Å². The lowest BCUT2D eigenvalue weighted by molar-refractivity contribution is -0.263. The summed E-state index contributed by atoms with van der Waals surface area (Å²) in [5.74, 6) is 0. The average Bonchev–Trinajstić information content (AvgIpc) is 3.05. The molecule has 5 atom stereocenters. The number of ether oxygens (including phenoxy) is 5. The van der Waals surface area contributed by atoms with Crippen LogP contribution in [0.4, 0.5) is 0 Å². The van der Waals surface area contributed by atoms with Crippen LogP contribution in [0.5, 0.6) is 0 Å². The molecule has 0 bridgehead atoms. The number of hydrogen-bond donors (Lipinski definition) is 0. The van der Waals surface area contributed by atoms with Gasteiger partial charge in [-0.05, 0) is 29.2 Å². The van der Waals surface area contributed by atoms with Gasteiger partial charge in [-0.3, -0.25) is 0 Å². The van der Waals surface area contributed by atoms with Crippen LogP contribution in [0.1, 0.15) is 29.2 Å². The Hall–Kier alpha value is -3.58. The zero-order chi connectivity index (χ0) is 28.8. The van der Waals surface area contributed by atoms with Gasteiger partial charge in [0, 0.05) is 0 Å². The van der Waals surface area contributed by atoms with E-state index in [4.69, 9.17) is 23.7 Å². The van der Waals surface area contributed by atoms with Crippen LogP contribution < -0.4 is 0 Å². The van der Waals surface area contributed by atoms with E-state index >= 15 is 0 Å². The van der Waals surface area contributed by atoms with Crippen molar-refractivity contribution in [3.8, 4) is 0 Å². The molecule has 1 aliphatic rings. The maximum atomic E-state index is 6.72. The normalized spacial score (nSPS) is 22.4. The van der Waals surface area contributed by atoms with Gasteiger partial charge in [-0.15, -0.1) is 0 Å². The average molecular weight is 565 g/mol. The summed E-state index contributed by atoms with van der Waals surface area (Å²) < 4.78 is 32.9. The highest BCUT2D eigenvalue weighted by atomic mass is 16.6. The van der Waals surface area contributed by atoms with Crippen molar-refractivity contribution in [2.24, 2.45) is 0 Å². The summed E-state index contributed by atoms with van der Waals surface area (Å²) in [4.78, 5) is 0. The molecule has 0 amide bonds. The fraction of sp³-hybridized carbons (Fsp3) is 0.297. The molecule has 1 fully saturated rings. The molecule has 5 rings (SSSR count). The van der Waals surface area contributed by atoms with Crippen LogP contribution in [0, 0.1) is 0 Å². The molecule has 218 valence electrons. The summed E-state index contributed by atoms with van der Waals surface area (Å²) in [6.07, 6.45) is 2.13. The predicted octanol–water partition coefficient (Wildman–Crippen LogP) is 7.30. The van der Waals surface area contributed by atoms with E-state index in [0.29, 0.717) is 33.0 Å². The van der Waals surface area contributed by atoms with Crippen molar-refractivity contribution in [2.75, 3.05) is 6.61 Å². The minimum Gasteiger partial charge on any atom is -0.374 e. The Morgan fingerprint density at radius 3 is 1.38 bits per heavy atom. The molecule has 0 unspecified atom stereocenters. The summed E-state index contributed by atoms with van der Waals surface area (Å²) in [6, 6.07) is 40.8. The lowest BCUT2D eigenvalue weighted by atomic mass is 9.93. The second-order valence-electron chi connectivity index (χ2n) is 10.4. The Labute approximate surface area is 249 Å². The summed E-state index contributed by atoms with van der Waals surface area (Å²) in [6.45, 7) is 4.14. The first-order chi connectivity index (χ1) is 20.8. The summed E-state index contributed by atoms with van der Waals surface area (Å²) in [5, 5.41) is 0. The Kier molecular flexibility index (Phi) is 11.5. The summed E-state index contributed by atoms with van der Waals surface area (Å²) in [5.41, 5.74) is 4.38. The molecule has 0 N–H and O–H groups in total. The van der Waals surface area contributed by atoms with Crippen molar-refractivity contribution in [3.63, 3.8) is 0 Å². The van der Waals surface area contributed by atoms with E-state index in [1.807, 2.05) is 91.9 Å². The van der Waals surface area contributed by atoms with Gasteiger partial charge in [-0.2, -0.15) is 0 Å². The molecular formula is C37H40O5. The van der Waals surface area contributed by atoms with Gasteiger partial charge < -0.3 is 23.7 Å². The highest BCUT2D eigenvalue weighted by Crippen LogP contribution is 2.31. The monoisotopic (exact) mass is 564 g/mol. The first-order valence-corrected chi connectivity index (χ1v) is 14.7. The Balaban J connectivity index is 1.41. The molecular weight excluding hydrogens is 524 g/mol. The van der Waals surface area contributed by atoms with Crippen LogP contribution in [0.2, 0.25) is 0 Å². The molecule has 5 heteroatoms. The lowest BCUT2D eigenvalue weighted by Gasteiger charge is -2.45. The van der Waals surface area contributed by atoms with Crippen LogP contribution in [0.15, 0.2) is 133 Å². The van der Waals surface area contributed by atoms with Crippen molar-refractivity contribution < 1.29 is 23.7 Å². The minimum atomic E-state index is -0.424. The molecule has 0 spiro atoms. The van der Waals surface area contributed by atoms with Crippen LogP contribution in [0.25, 0.3) is 0 Å². The molecule has 0 saturated carbocycles. The zero-order valence-electron chi connectivity index (χ0n) is 24.2. The smallest absolute Gasteiger partial charge is 0.116 e. The fourth-order valence-corrected chi connectivity index (χ4v) is 5.17. The molecule has 42 heavy (non-hydrogen) atoms. The quantitative estimate of drug-likeness (QED) is 0.150. The molecule has 1 heterocycles. The number of rotatable bonds is 14. The van der Waals surface area contributed by atoms with E-state index in [9.17, 15) is 0 Å². The molecule has 4 aromatic rings. The van der Waals surface area contributed by atoms with E-state index in [-0.39, 0.29) is 12.2 Å². The van der Waals surface area contributed by atoms with Gasteiger partial charge in [0.2, 0.25) is 0 Å². The zero-order valence-corrected chi connectivity index (χ0v) is 24.2. The van der Waals surface area contributed by atoms with Crippen LogP contribution >= 0.6 is 0 Å². The van der Waals surface area contributed by atoms with Gasteiger partial charge in [-0.1, -0.05) is 133 Å². The number of hydrogen-bond acceptors (Lipinski definition) is 5. The second kappa shape index (κ2) is 16.2. The van der Waals surface area contributed by atoms with Gasteiger partial charge in [0.25, 0.3) is 0 Å². The largest absolute Gasteiger partial charge is 0.374 e. The van der Waals surface area contributed by atoms with Crippen molar-refractivity contribution in [1.29, 1.82) is 0 Å². The molecule has 0 radical (unpaired) electrons. The first-order valence-electron chi connectivity index (χ1n) is 14.7. The Morgan fingerprint density at radius 2 is 0.929 bits per heavy atom. The third-order valence-corrected chi connectivity index (χ3v) is 7.30. The molecule has 0 aliphatic carbocycles. The fourth-order valence-electron chi connectivity index (χ4n) is 5.17. The predicted molar refractivity (Wildman–Crippen MR) is 165 cm³/mol. The van der Waals surface area contributed by atoms with E-state index in [2.05, 4.69) is 48.5 Å². The van der Waals surface area contributed by atoms with Crippen molar-refractivity contribution in [1.82, 2.24) is 0 Å². The Morgan fingerprint density at radius 1 is 0.524 bits per heavy atom. The van der Waals surface area contributed by atoms with Gasteiger partial charge in [0.15, 0.2) is 0 Å². The molecule has 4 aromatic carbocycles. The van der Waals surface area contributed by atoms with Gasteiger partial charge in [0.05, 0.1) is 33.0 Å². The third kappa shape index (κ3) is 8.71. The van der Waals surface area contributed by atoms with Crippen LogP contribution in [-0.4, -0.2) is 37.1 Å². The molecule has 0 aromatic heterocycles. The Bertz CT molecular complexity index is 1310. The van der Waals surface area contributed by atoms with E-state index < -0.39 is 18.3 Å². The minimum absolute atomic E-state index is 0.332. The molecule has 1 saturated heterocycles. The third-order valence-electron chi connectivity index (χ3n) is 7.30. The van der Waals surface area contributed by atoms with E-state index in [0.717, 1.165) is 22.3 Å². The lowest BCUT2D eigenvalue weighted by Crippen LogP contribution is -2.60. The standard InChI is InChI=1S/C37H40O5/c1-2-15-33-35(39-25-30-18-9-4-10-19-30)37(41-27-32-22-13-6-14-23-32)36(40-26-31-20-11-5-12-21-31)34(42-33)28-38-24-29-16-7-3-8-17-29/h2-23,33-37H,24-28H2,1H3/b15-2-/t33-,34+,35+,36+,37+/m0/s1. The van der Waals surface area contributed by atoms with E-state index in [1.54, 1.807) is 0 Å². The van der Waals surface area contributed by atoms with Crippen molar-refractivity contribution >= 4 is 0 Å². The molecule has 5 nitrogen and oxygen atoms in total. The SMILES string of the molecule is C/C=C\[C@@H]1O[C@H](COCc2ccccc2)[C@@H](OCc2ccccc2)[C@H](OCc2ccccc2)[C@@H]1OCc1ccccc1. The second-order valence-corrected chi connectivity index (χ2v) is 10.4. The number of benzene rings is 4.